The SMILES string of the molecule is COc1ccccc1OCc1cccc(C(=O)Nc2cnn(Cc3ccccc3F)c2)c1. The van der Waals surface area contributed by atoms with Crippen molar-refractivity contribution >= 4 is 11.6 Å². The molecule has 0 aliphatic rings. The highest BCUT2D eigenvalue weighted by Gasteiger charge is 2.10. The van der Waals surface area contributed by atoms with Crippen LogP contribution in [0.4, 0.5) is 10.1 Å². The van der Waals surface area contributed by atoms with Crippen LogP contribution in [0.2, 0.25) is 0 Å². The predicted octanol–water partition coefficient (Wildman–Crippen LogP) is 4.91. The highest BCUT2D eigenvalue weighted by molar-refractivity contribution is 6.04. The van der Waals surface area contributed by atoms with Crippen LogP contribution in [0.3, 0.4) is 0 Å². The third-order valence-corrected chi connectivity index (χ3v) is 4.83. The van der Waals surface area contributed by atoms with Crippen LogP contribution in [-0.4, -0.2) is 22.8 Å². The Hall–Kier alpha value is -4.13. The molecule has 0 bridgehead atoms. The molecule has 0 saturated heterocycles. The fourth-order valence-electron chi connectivity index (χ4n) is 3.22. The topological polar surface area (TPSA) is 65.4 Å². The van der Waals surface area contributed by atoms with Crippen molar-refractivity contribution in [3.05, 3.63) is 108 Å². The minimum atomic E-state index is -0.291. The Morgan fingerprint density at radius 3 is 2.62 bits per heavy atom. The first-order valence-corrected chi connectivity index (χ1v) is 10.0. The van der Waals surface area contributed by atoms with E-state index in [-0.39, 0.29) is 18.3 Å². The first kappa shape index (κ1) is 21.1. The first-order valence-electron chi connectivity index (χ1n) is 10.0. The third-order valence-electron chi connectivity index (χ3n) is 4.83. The van der Waals surface area contributed by atoms with Crippen molar-refractivity contribution in [1.82, 2.24) is 9.78 Å². The molecular formula is C25H22FN3O3. The summed E-state index contributed by atoms with van der Waals surface area (Å²) in [4.78, 5) is 12.7. The summed E-state index contributed by atoms with van der Waals surface area (Å²) in [6.07, 6.45) is 3.20. The molecule has 0 radical (unpaired) electrons. The summed E-state index contributed by atoms with van der Waals surface area (Å²) in [5, 5.41) is 7.02. The number of hydrogen-bond acceptors (Lipinski definition) is 4. The summed E-state index contributed by atoms with van der Waals surface area (Å²) < 4.78 is 26.5. The van der Waals surface area contributed by atoms with Crippen molar-refractivity contribution in [3.8, 4) is 11.5 Å². The average molecular weight is 431 g/mol. The maximum absolute atomic E-state index is 13.8. The zero-order chi connectivity index (χ0) is 22.3. The van der Waals surface area contributed by atoms with E-state index in [4.69, 9.17) is 9.47 Å². The number of anilines is 1. The highest BCUT2D eigenvalue weighted by atomic mass is 19.1. The van der Waals surface area contributed by atoms with Gasteiger partial charge >= 0.3 is 0 Å². The zero-order valence-electron chi connectivity index (χ0n) is 17.5. The Bertz CT molecular complexity index is 1220. The molecule has 0 spiro atoms. The second-order valence-electron chi connectivity index (χ2n) is 7.11. The maximum atomic E-state index is 13.8. The summed E-state index contributed by atoms with van der Waals surface area (Å²) >= 11 is 0. The molecule has 3 aromatic carbocycles. The molecule has 4 aromatic rings. The standard InChI is InChI=1S/C25H22FN3O3/c1-31-23-11-4-5-12-24(23)32-17-18-7-6-9-19(13-18)25(30)28-21-14-27-29(16-21)15-20-8-2-3-10-22(20)26/h2-14,16H,15,17H2,1H3,(H,28,30). The molecular weight excluding hydrogens is 409 g/mol. The van der Waals surface area contributed by atoms with Crippen molar-refractivity contribution in [2.24, 2.45) is 0 Å². The molecule has 1 aromatic heterocycles. The molecule has 1 N–H and O–H groups in total. The number of methoxy groups -OCH3 is 1. The number of aromatic nitrogens is 2. The van der Waals surface area contributed by atoms with E-state index in [2.05, 4.69) is 10.4 Å². The van der Waals surface area contributed by atoms with Gasteiger partial charge in [0.2, 0.25) is 0 Å². The van der Waals surface area contributed by atoms with E-state index >= 15 is 0 Å². The minimum Gasteiger partial charge on any atom is -0.493 e. The molecule has 0 atom stereocenters. The van der Waals surface area contributed by atoms with Crippen molar-refractivity contribution in [3.63, 3.8) is 0 Å². The van der Waals surface area contributed by atoms with Gasteiger partial charge in [-0.1, -0.05) is 42.5 Å². The van der Waals surface area contributed by atoms with E-state index in [1.165, 1.54) is 12.3 Å². The first-order chi connectivity index (χ1) is 15.6. The fraction of sp³-hybridized carbons (Fsp3) is 0.120. The number of nitrogens with zero attached hydrogens (tertiary/aromatic N) is 2. The number of benzene rings is 3. The molecule has 162 valence electrons. The normalized spacial score (nSPS) is 10.6. The summed E-state index contributed by atoms with van der Waals surface area (Å²) in [5.41, 5.74) is 2.39. The van der Waals surface area contributed by atoms with Crippen LogP contribution in [0.1, 0.15) is 21.5 Å². The molecule has 0 aliphatic heterocycles. The van der Waals surface area contributed by atoms with Crippen molar-refractivity contribution in [2.75, 3.05) is 12.4 Å². The van der Waals surface area contributed by atoms with E-state index < -0.39 is 0 Å². The van der Waals surface area contributed by atoms with Crippen LogP contribution in [-0.2, 0) is 13.2 Å². The van der Waals surface area contributed by atoms with Gasteiger partial charge in [0.05, 0.1) is 25.5 Å². The number of halogens is 1. The van der Waals surface area contributed by atoms with Gasteiger partial charge in [0.25, 0.3) is 5.91 Å². The van der Waals surface area contributed by atoms with Gasteiger partial charge in [-0.05, 0) is 35.9 Å². The van der Waals surface area contributed by atoms with Gasteiger partial charge in [0.1, 0.15) is 12.4 Å². The number of amides is 1. The molecule has 0 unspecified atom stereocenters. The third kappa shape index (κ3) is 5.13. The van der Waals surface area contributed by atoms with Crippen LogP contribution in [0, 0.1) is 5.82 Å². The quantitative estimate of drug-likeness (QED) is 0.431. The fourth-order valence-corrected chi connectivity index (χ4v) is 3.22. The van der Waals surface area contributed by atoms with Gasteiger partial charge in [0, 0.05) is 17.3 Å². The molecule has 0 saturated carbocycles. The van der Waals surface area contributed by atoms with Crippen molar-refractivity contribution in [1.29, 1.82) is 0 Å². The van der Waals surface area contributed by atoms with E-state index in [1.54, 1.807) is 54.4 Å². The van der Waals surface area contributed by atoms with Crippen LogP contribution in [0.25, 0.3) is 0 Å². The predicted molar refractivity (Wildman–Crippen MR) is 119 cm³/mol. The minimum absolute atomic E-state index is 0.269. The molecule has 7 heteroatoms. The molecule has 1 heterocycles. The number of carbonyl (C=O) groups is 1. The Morgan fingerprint density at radius 2 is 1.81 bits per heavy atom. The Morgan fingerprint density at radius 1 is 1.03 bits per heavy atom. The number of para-hydroxylation sites is 2. The van der Waals surface area contributed by atoms with Crippen LogP contribution in [0.15, 0.2) is 85.2 Å². The Balaban J connectivity index is 1.39. The number of ether oxygens (including phenoxy) is 2. The highest BCUT2D eigenvalue weighted by Crippen LogP contribution is 2.26. The number of hydrogen-bond donors (Lipinski definition) is 1. The summed E-state index contributed by atoms with van der Waals surface area (Å²) in [7, 11) is 1.59. The number of carbonyl (C=O) groups excluding carboxylic acids is 1. The van der Waals surface area contributed by atoms with Gasteiger partial charge in [-0.2, -0.15) is 5.10 Å². The summed E-state index contributed by atoms with van der Waals surface area (Å²) in [6.45, 7) is 0.570. The largest absolute Gasteiger partial charge is 0.493 e. The van der Waals surface area contributed by atoms with Gasteiger partial charge in [-0.25, -0.2) is 4.39 Å². The maximum Gasteiger partial charge on any atom is 0.255 e. The van der Waals surface area contributed by atoms with Gasteiger partial charge < -0.3 is 14.8 Å². The molecule has 1 amide bonds. The second kappa shape index (κ2) is 9.78. The lowest BCUT2D eigenvalue weighted by Gasteiger charge is -2.11. The zero-order valence-corrected chi connectivity index (χ0v) is 17.5. The number of nitrogens with one attached hydrogen (secondary N) is 1. The van der Waals surface area contributed by atoms with Crippen LogP contribution < -0.4 is 14.8 Å². The second-order valence-corrected chi connectivity index (χ2v) is 7.11. The van der Waals surface area contributed by atoms with E-state index in [0.717, 1.165) is 5.56 Å². The van der Waals surface area contributed by atoms with Crippen LogP contribution in [0.5, 0.6) is 11.5 Å². The molecule has 32 heavy (non-hydrogen) atoms. The Labute approximate surface area is 185 Å². The average Bonchev–Trinajstić information content (AvgIpc) is 3.26. The lowest BCUT2D eigenvalue weighted by Crippen LogP contribution is -2.12. The summed E-state index contributed by atoms with van der Waals surface area (Å²) in [5.74, 6) is 0.719. The number of rotatable bonds is 8. The lowest BCUT2D eigenvalue weighted by atomic mass is 10.1. The van der Waals surface area contributed by atoms with Gasteiger partial charge in [0.15, 0.2) is 11.5 Å². The molecule has 6 nitrogen and oxygen atoms in total. The van der Waals surface area contributed by atoms with Crippen LogP contribution >= 0.6 is 0 Å². The summed E-state index contributed by atoms with van der Waals surface area (Å²) in [6, 6.07) is 21.1. The van der Waals surface area contributed by atoms with Crippen molar-refractivity contribution in [2.45, 2.75) is 13.2 Å². The Kier molecular flexibility index (Phi) is 6.46. The monoisotopic (exact) mass is 431 g/mol. The molecule has 0 aliphatic carbocycles. The van der Waals surface area contributed by atoms with E-state index in [0.29, 0.717) is 34.9 Å². The van der Waals surface area contributed by atoms with Gasteiger partial charge in [-0.15, -0.1) is 0 Å². The van der Waals surface area contributed by atoms with E-state index in [1.807, 2.05) is 30.3 Å². The van der Waals surface area contributed by atoms with Gasteiger partial charge in [-0.3, -0.25) is 9.48 Å². The van der Waals surface area contributed by atoms with Crippen molar-refractivity contribution < 1.29 is 18.7 Å². The van der Waals surface area contributed by atoms with E-state index in [9.17, 15) is 9.18 Å². The smallest absolute Gasteiger partial charge is 0.255 e. The molecule has 0 fully saturated rings. The lowest BCUT2D eigenvalue weighted by molar-refractivity contribution is 0.102. The molecule has 4 rings (SSSR count).